The van der Waals surface area contributed by atoms with E-state index in [4.69, 9.17) is 9.53 Å². The molecule has 134 valence electrons. The van der Waals surface area contributed by atoms with Crippen molar-refractivity contribution >= 4 is 17.9 Å². The molecule has 0 saturated heterocycles. The minimum Gasteiger partial charge on any atom is -0.507 e. The van der Waals surface area contributed by atoms with Gasteiger partial charge in [0.25, 0.3) is 0 Å². The maximum atomic E-state index is 12.6. The standard InChI is InChI=1S/C17H18O5.C2H4O/c1-9(2)4-7-14(22-3)10-8-13(20)15-11(18)5-6-12(19)16(15)17(10)21;1-2-3/h4-6,8,14,18-19H,7H2,1-3H3;2H,1H3. The summed E-state index contributed by atoms with van der Waals surface area (Å²) in [5.41, 5.74) is 0.920. The molecule has 0 bridgehead atoms. The van der Waals surface area contributed by atoms with Gasteiger partial charge in [0.1, 0.15) is 17.8 Å². The molecule has 2 rings (SSSR count). The third kappa shape index (κ3) is 4.64. The molecule has 1 aromatic carbocycles. The molecule has 0 aromatic heterocycles. The van der Waals surface area contributed by atoms with Crippen LogP contribution in [0.5, 0.6) is 11.5 Å². The van der Waals surface area contributed by atoms with Crippen LogP contribution < -0.4 is 0 Å². The Labute approximate surface area is 146 Å². The van der Waals surface area contributed by atoms with E-state index in [0.717, 1.165) is 11.9 Å². The number of aldehydes is 1. The van der Waals surface area contributed by atoms with Gasteiger partial charge in [0.05, 0.1) is 17.2 Å². The topological polar surface area (TPSA) is 101 Å². The largest absolute Gasteiger partial charge is 0.507 e. The van der Waals surface area contributed by atoms with Gasteiger partial charge in [-0.3, -0.25) is 9.59 Å². The number of ether oxygens (including phenoxy) is 1. The van der Waals surface area contributed by atoms with E-state index in [-0.39, 0.29) is 28.2 Å². The van der Waals surface area contributed by atoms with Crippen LogP contribution in [-0.2, 0) is 9.53 Å². The first-order valence-electron chi connectivity index (χ1n) is 7.69. The molecule has 6 nitrogen and oxygen atoms in total. The molecule has 0 fully saturated rings. The van der Waals surface area contributed by atoms with E-state index < -0.39 is 17.7 Å². The van der Waals surface area contributed by atoms with Crippen LogP contribution in [-0.4, -0.2) is 41.3 Å². The van der Waals surface area contributed by atoms with Gasteiger partial charge in [0, 0.05) is 12.7 Å². The summed E-state index contributed by atoms with van der Waals surface area (Å²) < 4.78 is 5.31. The second kappa shape index (κ2) is 8.94. The lowest BCUT2D eigenvalue weighted by Gasteiger charge is -2.22. The van der Waals surface area contributed by atoms with Gasteiger partial charge in [-0.05, 0) is 45.4 Å². The number of benzene rings is 1. The summed E-state index contributed by atoms with van der Waals surface area (Å²) in [5.74, 6) is -1.66. The number of allylic oxidation sites excluding steroid dienone is 2. The monoisotopic (exact) mass is 346 g/mol. The lowest BCUT2D eigenvalue weighted by atomic mass is 9.85. The molecule has 0 heterocycles. The van der Waals surface area contributed by atoms with Crippen molar-refractivity contribution in [1.82, 2.24) is 0 Å². The predicted octanol–water partition coefficient (Wildman–Crippen LogP) is 2.98. The number of fused-ring (bicyclic) bond motifs is 1. The SMILES string of the molecule is CC=O.COC(CC=C(C)C)C1=CC(=O)c2c(O)ccc(O)c2C1=O. The maximum absolute atomic E-state index is 12.6. The Morgan fingerprint density at radius 1 is 1.16 bits per heavy atom. The Morgan fingerprint density at radius 3 is 2.16 bits per heavy atom. The highest BCUT2D eigenvalue weighted by atomic mass is 16.5. The van der Waals surface area contributed by atoms with Crippen LogP contribution in [0.25, 0.3) is 0 Å². The fourth-order valence-electron chi connectivity index (χ4n) is 2.42. The number of carbonyl (C=O) groups excluding carboxylic acids is 3. The van der Waals surface area contributed by atoms with E-state index in [2.05, 4.69) is 0 Å². The van der Waals surface area contributed by atoms with Gasteiger partial charge in [-0.1, -0.05) is 11.6 Å². The number of phenols is 2. The molecule has 0 aliphatic heterocycles. The highest BCUT2D eigenvalue weighted by molar-refractivity contribution is 6.27. The second-order valence-electron chi connectivity index (χ2n) is 5.62. The second-order valence-corrected chi connectivity index (χ2v) is 5.62. The van der Waals surface area contributed by atoms with E-state index >= 15 is 0 Å². The molecule has 0 amide bonds. The van der Waals surface area contributed by atoms with Crippen molar-refractivity contribution in [3.05, 3.63) is 46.6 Å². The molecule has 25 heavy (non-hydrogen) atoms. The lowest BCUT2D eigenvalue weighted by molar-refractivity contribution is -0.106. The van der Waals surface area contributed by atoms with E-state index in [1.54, 1.807) is 0 Å². The average molecular weight is 346 g/mol. The van der Waals surface area contributed by atoms with Crippen LogP contribution in [0.4, 0.5) is 0 Å². The zero-order valence-corrected chi connectivity index (χ0v) is 14.7. The first-order chi connectivity index (χ1) is 11.8. The van der Waals surface area contributed by atoms with Crippen LogP contribution in [0.1, 0.15) is 47.9 Å². The van der Waals surface area contributed by atoms with Gasteiger partial charge in [-0.25, -0.2) is 0 Å². The third-order valence-corrected chi connectivity index (χ3v) is 3.56. The van der Waals surface area contributed by atoms with Gasteiger partial charge in [-0.15, -0.1) is 0 Å². The van der Waals surface area contributed by atoms with E-state index in [1.807, 2.05) is 19.9 Å². The molecular weight excluding hydrogens is 324 g/mol. The van der Waals surface area contributed by atoms with Crippen molar-refractivity contribution in [1.29, 1.82) is 0 Å². The van der Waals surface area contributed by atoms with Crippen LogP contribution in [0.2, 0.25) is 0 Å². The van der Waals surface area contributed by atoms with E-state index in [0.29, 0.717) is 6.42 Å². The van der Waals surface area contributed by atoms with Crippen LogP contribution in [0.3, 0.4) is 0 Å². The smallest absolute Gasteiger partial charge is 0.196 e. The van der Waals surface area contributed by atoms with Crippen molar-refractivity contribution in [2.75, 3.05) is 7.11 Å². The maximum Gasteiger partial charge on any atom is 0.196 e. The fraction of sp³-hybridized carbons (Fsp3) is 0.316. The summed E-state index contributed by atoms with van der Waals surface area (Å²) in [6, 6.07) is 2.38. The van der Waals surface area contributed by atoms with Crippen molar-refractivity contribution in [2.24, 2.45) is 0 Å². The summed E-state index contributed by atoms with van der Waals surface area (Å²) in [4.78, 5) is 33.6. The lowest BCUT2D eigenvalue weighted by Crippen LogP contribution is -2.26. The number of ketones is 2. The third-order valence-electron chi connectivity index (χ3n) is 3.56. The molecule has 6 heteroatoms. The van der Waals surface area contributed by atoms with Gasteiger partial charge < -0.3 is 19.7 Å². The predicted molar refractivity (Wildman–Crippen MR) is 93.1 cm³/mol. The average Bonchev–Trinajstić information content (AvgIpc) is 2.55. The van der Waals surface area contributed by atoms with Crippen molar-refractivity contribution < 1.29 is 29.3 Å². The van der Waals surface area contributed by atoms with Crippen molar-refractivity contribution in [3.8, 4) is 11.5 Å². The van der Waals surface area contributed by atoms with E-state index in [9.17, 15) is 19.8 Å². The molecule has 0 saturated carbocycles. The molecule has 1 aromatic rings. The van der Waals surface area contributed by atoms with Gasteiger partial charge in [0.15, 0.2) is 11.6 Å². The first kappa shape index (κ1) is 20.3. The summed E-state index contributed by atoms with van der Waals surface area (Å²) in [7, 11) is 1.46. The Morgan fingerprint density at radius 2 is 1.68 bits per heavy atom. The zero-order valence-electron chi connectivity index (χ0n) is 14.7. The molecule has 1 atom stereocenters. The summed E-state index contributed by atoms with van der Waals surface area (Å²) in [6.07, 6.45) is 3.70. The quantitative estimate of drug-likeness (QED) is 0.494. The number of aromatic hydroxyl groups is 2. The highest BCUT2D eigenvalue weighted by Gasteiger charge is 2.34. The van der Waals surface area contributed by atoms with Crippen LogP contribution in [0.15, 0.2) is 35.4 Å². The number of hydrogen-bond acceptors (Lipinski definition) is 6. The molecular formula is C19H22O6. The van der Waals surface area contributed by atoms with Gasteiger partial charge in [0.2, 0.25) is 0 Å². The number of phenolic OH excluding ortho intramolecular Hbond substituents is 2. The summed E-state index contributed by atoms with van der Waals surface area (Å²) >= 11 is 0. The zero-order chi connectivity index (χ0) is 19.1. The van der Waals surface area contributed by atoms with Gasteiger partial charge >= 0.3 is 0 Å². The summed E-state index contributed by atoms with van der Waals surface area (Å²) in [6.45, 7) is 5.29. The molecule has 0 spiro atoms. The number of rotatable bonds is 4. The Balaban J connectivity index is 0.000000970. The van der Waals surface area contributed by atoms with Crippen molar-refractivity contribution in [3.63, 3.8) is 0 Å². The number of methoxy groups -OCH3 is 1. The minimum absolute atomic E-state index is 0.161. The fourth-order valence-corrected chi connectivity index (χ4v) is 2.42. The number of Topliss-reactive ketones (excluding diaryl/α,β-unsaturated/α-hetero) is 1. The van der Waals surface area contributed by atoms with Crippen molar-refractivity contribution in [2.45, 2.75) is 33.3 Å². The Hall–Kier alpha value is -2.73. The molecule has 1 aliphatic carbocycles. The van der Waals surface area contributed by atoms with E-state index in [1.165, 1.54) is 32.2 Å². The normalized spacial score (nSPS) is 13.8. The minimum atomic E-state index is -0.582. The summed E-state index contributed by atoms with van der Waals surface area (Å²) in [5, 5.41) is 19.7. The molecule has 1 aliphatic rings. The van der Waals surface area contributed by atoms with Gasteiger partial charge in [-0.2, -0.15) is 0 Å². The molecule has 0 radical (unpaired) electrons. The first-order valence-corrected chi connectivity index (χ1v) is 7.69. The molecule has 1 unspecified atom stereocenters. The van der Waals surface area contributed by atoms with Crippen LogP contribution >= 0.6 is 0 Å². The molecule has 2 N–H and O–H groups in total. The highest BCUT2D eigenvalue weighted by Crippen LogP contribution is 2.36. The number of hydrogen-bond donors (Lipinski definition) is 2. The van der Waals surface area contributed by atoms with Crippen LogP contribution in [0, 0.1) is 0 Å². The Bertz CT molecular complexity index is 739. The number of carbonyl (C=O) groups is 3. The Kier molecular flexibility index (Phi) is 7.26.